The van der Waals surface area contributed by atoms with Crippen molar-refractivity contribution in [1.82, 2.24) is 14.9 Å². The SMILES string of the molecule is CC(CCN(C)C)NS(=O)(=O)c1ccc(CNC2CC2)s1. The third kappa shape index (κ3) is 5.67. The van der Waals surface area contributed by atoms with Crippen molar-refractivity contribution in [3.63, 3.8) is 0 Å². The number of hydrogen-bond acceptors (Lipinski definition) is 5. The zero-order valence-corrected chi connectivity index (χ0v) is 14.6. The van der Waals surface area contributed by atoms with Gasteiger partial charge in [-0.2, -0.15) is 0 Å². The van der Waals surface area contributed by atoms with Gasteiger partial charge < -0.3 is 10.2 Å². The van der Waals surface area contributed by atoms with E-state index in [1.807, 2.05) is 27.1 Å². The van der Waals surface area contributed by atoms with Crippen LogP contribution in [0, 0.1) is 0 Å². The number of sulfonamides is 1. The van der Waals surface area contributed by atoms with Gasteiger partial charge in [-0.15, -0.1) is 11.3 Å². The number of hydrogen-bond donors (Lipinski definition) is 2. The Morgan fingerprint density at radius 2 is 2.10 bits per heavy atom. The summed E-state index contributed by atoms with van der Waals surface area (Å²) in [7, 11) is 0.584. The van der Waals surface area contributed by atoms with E-state index in [1.165, 1.54) is 24.2 Å². The first-order valence-corrected chi connectivity index (χ1v) is 9.66. The molecule has 1 aliphatic rings. The van der Waals surface area contributed by atoms with Gasteiger partial charge >= 0.3 is 0 Å². The molecule has 0 bridgehead atoms. The van der Waals surface area contributed by atoms with Gasteiger partial charge in [0.1, 0.15) is 4.21 Å². The third-order valence-corrected chi connectivity index (χ3v) is 6.58. The first kappa shape index (κ1) is 16.9. The zero-order chi connectivity index (χ0) is 15.5. The predicted molar refractivity (Wildman–Crippen MR) is 87.1 cm³/mol. The maximum Gasteiger partial charge on any atom is 0.250 e. The minimum atomic E-state index is -3.39. The molecule has 1 saturated carbocycles. The Hall–Kier alpha value is -0.470. The van der Waals surface area contributed by atoms with Gasteiger partial charge in [-0.05, 0) is 59.0 Å². The Balaban J connectivity index is 1.88. The van der Waals surface area contributed by atoms with Crippen LogP contribution in [0.5, 0.6) is 0 Å². The Labute approximate surface area is 131 Å². The first-order valence-electron chi connectivity index (χ1n) is 7.36. The molecule has 120 valence electrons. The van der Waals surface area contributed by atoms with Gasteiger partial charge in [0.25, 0.3) is 0 Å². The van der Waals surface area contributed by atoms with E-state index in [-0.39, 0.29) is 6.04 Å². The smallest absolute Gasteiger partial charge is 0.250 e. The highest BCUT2D eigenvalue weighted by atomic mass is 32.2. The molecule has 0 amide bonds. The third-order valence-electron chi connectivity index (χ3n) is 3.41. The van der Waals surface area contributed by atoms with Crippen LogP contribution in [0.15, 0.2) is 16.3 Å². The Morgan fingerprint density at radius 1 is 1.38 bits per heavy atom. The van der Waals surface area contributed by atoms with Gasteiger partial charge in [0.05, 0.1) is 0 Å². The number of rotatable bonds is 9. The summed E-state index contributed by atoms with van der Waals surface area (Å²) in [4.78, 5) is 3.13. The van der Waals surface area contributed by atoms with Crippen LogP contribution < -0.4 is 10.0 Å². The van der Waals surface area contributed by atoms with E-state index in [9.17, 15) is 8.42 Å². The summed E-state index contributed by atoms with van der Waals surface area (Å²) in [6.07, 6.45) is 3.27. The van der Waals surface area contributed by atoms with Crippen LogP contribution >= 0.6 is 11.3 Å². The zero-order valence-electron chi connectivity index (χ0n) is 12.9. The maximum atomic E-state index is 12.3. The van der Waals surface area contributed by atoms with Crippen molar-refractivity contribution in [1.29, 1.82) is 0 Å². The quantitative estimate of drug-likeness (QED) is 0.722. The summed E-state index contributed by atoms with van der Waals surface area (Å²) in [5, 5.41) is 3.40. The number of nitrogens with one attached hydrogen (secondary N) is 2. The second-order valence-electron chi connectivity index (χ2n) is 5.99. The summed E-state index contributed by atoms with van der Waals surface area (Å²) in [5.41, 5.74) is 0. The second-order valence-corrected chi connectivity index (χ2v) is 9.10. The molecule has 7 heteroatoms. The van der Waals surface area contributed by atoms with E-state index in [1.54, 1.807) is 6.07 Å². The molecule has 1 aliphatic carbocycles. The summed E-state index contributed by atoms with van der Waals surface area (Å²) in [6, 6.07) is 4.18. The van der Waals surface area contributed by atoms with E-state index in [0.717, 1.165) is 24.4 Å². The van der Waals surface area contributed by atoms with E-state index in [4.69, 9.17) is 0 Å². The molecule has 1 atom stereocenters. The molecule has 1 aromatic heterocycles. The van der Waals surface area contributed by atoms with Crippen LogP contribution in [0.4, 0.5) is 0 Å². The van der Waals surface area contributed by atoms with Gasteiger partial charge in [0, 0.05) is 23.5 Å². The molecule has 2 rings (SSSR count). The molecule has 1 aromatic rings. The maximum absolute atomic E-state index is 12.3. The summed E-state index contributed by atoms with van der Waals surface area (Å²) in [5.74, 6) is 0. The second kappa shape index (κ2) is 7.19. The Morgan fingerprint density at radius 3 is 2.71 bits per heavy atom. The summed E-state index contributed by atoms with van der Waals surface area (Å²) >= 11 is 1.35. The Kier molecular flexibility index (Phi) is 5.79. The highest BCUT2D eigenvalue weighted by Gasteiger charge is 2.22. The average molecular weight is 332 g/mol. The molecule has 2 N–H and O–H groups in total. The molecule has 0 radical (unpaired) electrons. The molecule has 0 aliphatic heterocycles. The van der Waals surface area contributed by atoms with E-state index in [0.29, 0.717) is 10.3 Å². The topological polar surface area (TPSA) is 61.4 Å². The van der Waals surface area contributed by atoms with Crippen molar-refractivity contribution >= 4 is 21.4 Å². The predicted octanol–water partition coefficient (Wildman–Crippen LogP) is 1.62. The van der Waals surface area contributed by atoms with Crippen LogP contribution in [0.2, 0.25) is 0 Å². The van der Waals surface area contributed by atoms with Crippen LogP contribution in [-0.4, -0.2) is 46.0 Å². The van der Waals surface area contributed by atoms with Gasteiger partial charge in [-0.1, -0.05) is 0 Å². The summed E-state index contributed by atoms with van der Waals surface area (Å²) < 4.78 is 27.8. The molecule has 0 aromatic carbocycles. The van der Waals surface area contributed by atoms with Crippen molar-refractivity contribution in [2.75, 3.05) is 20.6 Å². The molecular weight excluding hydrogens is 306 g/mol. The molecular formula is C14H25N3O2S2. The number of thiophene rings is 1. The van der Waals surface area contributed by atoms with Gasteiger partial charge in [0.15, 0.2) is 0 Å². The number of nitrogens with zero attached hydrogens (tertiary/aromatic N) is 1. The highest BCUT2D eigenvalue weighted by Crippen LogP contribution is 2.24. The lowest BCUT2D eigenvalue weighted by Crippen LogP contribution is -2.34. The van der Waals surface area contributed by atoms with Crippen LogP contribution in [0.3, 0.4) is 0 Å². The van der Waals surface area contributed by atoms with Crippen molar-refractivity contribution in [3.05, 3.63) is 17.0 Å². The standard InChI is InChI=1S/C14H25N3O2S2/c1-11(8-9-17(2)3)16-21(18,19)14-7-6-13(20-14)10-15-12-4-5-12/h6-7,11-12,15-16H,4-5,8-10H2,1-3H3. The lowest BCUT2D eigenvalue weighted by atomic mass is 10.2. The lowest BCUT2D eigenvalue weighted by molar-refractivity contribution is 0.379. The van der Waals surface area contributed by atoms with E-state index in [2.05, 4.69) is 14.9 Å². The molecule has 0 saturated heterocycles. The first-order chi connectivity index (χ1) is 9.87. The minimum absolute atomic E-state index is 0.0625. The fourth-order valence-electron chi connectivity index (χ4n) is 1.96. The highest BCUT2D eigenvalue weighted by molar-refractivity contribution is 7.91. The summed E-state index contributed by atoms with van der Waals surface area (Å²) in [6.45, 7) is 3.54. The largest absolute Gasteiger partial charge is 0.309 e. The van der Waals surface area contributed by atoms with Crippen molar-refractivity contribution in [3.8, 4) is 0 Å². The molecule has 1 fully saturated rings. The average Bonchev–Trinajstić information content (AvgIpc) is 3.09. The van der Waals surface area contributed by atoms with E-state index < -0.39 is 10.0 Å². The molecule has 1 heterocycles. The van der Waals surface area contributed by atoms with Crippen molar-refractivity contribution in [2.45, 2.75) is 49.0 Å². The van der Waals surface area contributed by atoms with Crippen molar-refractivity contribution < 1.29 is 8.42 Å². The van der Waals surface area contributed by atoms with Gasteiger partial charge in [0.2, 0.25) is 10.0 Å². The van der Waals surface area contributed by atoms with Crippen molar-refractivity contribution in [2.24, 2.45) is 0 Å². The molecule has 0 spiro atoms. The van der Waals surface area contributed by atoms with Gasteiger partial charge in [-0.25, -0.2) is 13.1 Å². The van der Waals surface area contributed by atoms with Gasteiger partial charge in [-0.3, -0.25) is 0 Å². The molecule has 21 heavy (non-hydrogen) atoms. The normalized spacial score (nSPS) is 17.3. The van der Waals surface area contributed by atoms with Crippen LogP contribution in [-0.2, 0) is 16.6 Å². The van der Waals surface area contributed by atoms with E-state index >= 15 is 0 Å². The fourth-order valence-corrected chi connectivity index (χ4v) is 4.57. The molecule has 5 nitrogen and oxygen atoms in total. The van der Waals surface area contributed by atoms with Crippen LogP contribution in [0.25, 0.3) is 0 Å². The Bertz CT molecular complexity index is 550. The fraction of sp³-hybridized carbons (Fsp3) is 0.714. The lowest BCUT2D eigenvalue weighted by Gasteiger charge is -2.16. The monoisotopic (exact) mass is 331 g/mol. The van der Waals surface area contributed by atoms with Crippen LogP contribution in [0.1, 0.15) is 31.1 Å². The minimum Gasteiger partial charge on any atom is -0.309 e. The molecule has 1 unspecified atom stereocenters.